The van der Waals surface area contributed by atoms with Crippen molar-refractivity contribution in [3.63, 3.8) is 0 Å². The molecule has 0 N–H and O–H groups in total. The lowest BCUT2D eigenvalue weighted by Gasteiger charge is -2.39. The van der Waals surface area contributed by atoms with Gasteiger partial charge in [-0.1, -0.05) is 52.8 Å². The van der Waals surface area contributed by atoms with E-state index in [1.807, 2.05) is 12.1 Å². The molecule has 0 fully saturated rings. The molecule has 0 spiro atoms. The number of benzene rings is 1. The van der Waals surface area contributed by atoms with Gasteiger partial charge in [0, 0.05) is 0 Å². The van der Waals surface area contributed by atoms with Crippen molar-refractivity contribution in [2.24, 2.45) is 5.41 Å². The van der Waals surface area contributed by atoms with E-state index in [4.69, 9.17) is 0 Å². The molecule has 1 aromatic rings. The van der Waals surface area contributed by atoms with Gasteiger partial charge in [-0.15, -0.1) is 0 Å². The highest BCUT2D eigenvalue weighted by Crippen LogP contribution is 2.41. The van der Waals surface area contributed by atoms with Crippen LogP contribution in [0.2, 0.25) is 0 Å². The van der Waals surface area contributed by atoms with Gasteiger partial charge >= 0.3 is 0 Å². The van der Waals surface area contributed by atoms with E-state index in [9.17, 15) is 4.39 Å². The summed E-state index contributed by atoms with van der Waals surface area (Å²) in [7, 11) is 0. The second kappa shape index (κ2) is 3.38. The highest BCUT2D eigenvalue weighted by Gasteiger charge is 2.35. The first-order valence-electron chi connectivity index (χ1n) is 5.02. The largest absolute Gasteiger partial charge is 0.207 e. The van der Waals surface area contributed by atoms with Gasteiger partial charge in [-0.25, -0.2) is 4.39 Å². The summed E-state index contributed by atoms with van der Waals surface area (Å²) >= 11 is 0. The van der Waals surface area contributed by atoms with E-state index in [-0.39, 0.29) is 16.6 Å². The van der Waals surface area contributed by atoms with Gasteiger partial charge in [-0.2, -0.15) is 0 Å². The van der Waals surface area contributed by atoms with Crippen molar-refractivity contribution in [1.29, 1.82) is 0 Å². The molecule has 0 nitrogen and oxygen atoms in total. The molecule has 0 bridgehead atoms. The van der Waals surface area contributed by atoms with Gasteiger partial charge < -0.3 is 0 Å². The van der Waals surface area contributed by atoms with Gasteiger partial charge in [0.1, 0.15) is 5.82 Å². The van der Waals surface area contributed by atoms with Crippen LogP contribution in [0.25, 0.3) is 0 Å². The van der Waals surface area contributed by atoms with Crippen molar-refractivity contribution < 1.29 is 4.39 Å². The summed E-state index contributed by atoms with van der Waals surface area (Å²) in [5.74, 6) is -0.104. The normalized spacial score (nSPS) is 13.0. The number of halogens is 1. The molecule has 0 atom stereocenters. The first kappa shape index (κ1) is 11.2. The van der Waals surface area contributed by atoms with E-state index in [2.05, 4.69) is 34.6 Å². The Bertz CT molecular complexity index is 318. The molecule has 0 aliphatic carbocycles. The minimum Gasteiger partial charge on any atom is -0.207 e. The Kier molecular flexibility index (Phi) is 2.71. The van der Waals surface area contributed by atoms with Crippen LogP contribution < -0.4 is 0 Å². The number of hydrogen-bond acceptors (Lipinski definition) is 0. The maximum Gasteiger partial charge on any atom is 0.126 e. The van der Waals surface area contributed by atoms with Gasteiger partial charge in [-0.3, -0.25) is 0 Å². The average Bonchev–Trinajstić information content (AvgIpc) is 2.02. The molecule has 0 heterocycles. The molecule has 78 valence electrons. The molecule has 1 rings (SSSR count). The smallest absolute Gasteiger partial charge is 0.126 e. The molecule has 14 heavy (non-hydrogen) atoms. The second-order valence-electron chi connectivity index (χ2n) is 5.35. The Morgan fingerprint density at radius 3 is 1.86 bits per heavy atom. The maximum atomic E-state index is 13.6. The summed E-state index contributed by atoms with van der Waals surface area (Å²) in [4.78, 5) is 0. The molecule has 0 radical (unpaired) electrons. The first-order valence-corrected chi connectivity index (χ1v) is 5.02. The SMILES string of the molecule is CC(C)(C)C(C)(C)c1ccccc1F. The second-order valence-corrected chi connectivity index (χ2v) is 5.35. The molecule has 0 aromatic heterocycles. The Morgan fingerprint density at radius 1 is 0.929 bits per heavy atom. The fourth-order valence-electron chi connectivity index (χ4n) is 1.37. The molecule has 0 saturated carbocycles. The molecule has 0 saturated heterocycles. The molecular weight excluding hydrogens is 175 g/mol. The third kappa shape index (κ3) is 1.82. The summed E-state index contributed by atoms with van der Waals surface area (Å²) < 4.78 is 13.6. The third-order valence-corrected chi connectivity index (χ3v) is 3.42. The van der Waals surface area contributed by atoms with Gasteiger partial charge in [0.15, 0.2) is 0 Å². The van der Waals surface area contributed by atoms with Crippen LogP contribution in [-0.2, 0) is 5.41 Å². The van der Waals surface area contributed by atoms with E-state index < -0.39 is 0 Å². The monoisotopic (exact) mass is 194 g/mol. The predicted molar refractivity (Wildman–Crippen MR) is 58.9 cm³/mol. The Morgan fingerprint density at radius 2 is 1.43 bits per heavy atom. The van der Waals surface area contributed by atoms with Crippen molar-refractivity contribution in [2.75, 3.05) is 0 Å². The zero-order valence-electron chi connectivity index (χ0n) is 9.69. The number of rotatable bonds is 1. The molecular formula is C13H19F. The average molecular weight is 194 g/mol. The zero-order chi connectivity index (χ0) is 11.0. The Hall–Kier alpha value is -0.850. The van der Waals surface area contributed by atoms with E-state index in [0.717, 1.165) is 5.56 Å². The zero-order valence-corrected chi connectivity index (χ0v) is 9.69. The van der Waals surface area contributed by atoms with E-state index in [1.165, 1.54) is 6.07 Å². The summed E-state index contributed by atoms with van der Waals surface area (Å²) in [6.45, 7) is 10.6. The molecule has 0 aliphatic rings. The van der Waals surface area contributed by atoms with Gasteiger partial charge in [0.25, 0.3) is 0 Å². The lowest BCUT2D eigenvalue weighted by atomic mass is 9.65. The Labute approximate surface area is 86.2 Å². The topological polar surface area (TPSA) is 0 Å². The lowest BCUT2D eigenvalue weighted by molar-refractivity contribution is 0.219. The van der Waals surface area contributed by atoms with Crippen molar-refractivity contribution in [3.05, 3.63) is 35.6 Å². The molecule has 0 amide bonds. The summed E-state index contributed by atoms with van der Waals surface area (Å²) in [5.41, 5.74) is 0.695. The van der Waals surface area contributed by atoms with Gasteiger partial charge in [0.05, 0.1) is 0 Å². The van der Waals surface area contributed by atoms with Crippen LogP contribution in [0.1, 0.15) is 40.2 Å². The first-order chi connectivity index (χ1) is 6.27. The van der Waals surface area contributed by atoms with Crippen LogP contribution in [0, 0.1) is 11.2 Å². The van der Waals surface area contributed by atoms with Gasteiger partial charge in [-0.05, 0) is 22.5 Å². The summed E-state index contributed by atoms with van der Waals surface area (Å²) in [6, 6.07) is 7.03. The predicted octanol–water partition coefficient (Wildman–Crippen LogP) is 4.15. The third-order valence-electron chi connectivity index (χ3n) is 3.42. The minimum absolute atomic E-state index is 0.0508. The quantitative estimate of drug-likeness (QED) is 0.630. The fourth-order valence-corrected chi connectivity index (χ4v) is 1.37. The summed E-state index contributed by atoms with van der Waals surface area (Å²) in [5, 5.41) is 0. The van der Waals surface area contributed by atoms with Crippen LogP contribution in [0.5, 0.6) is 0 Å². The maximum absolute atomic E-state index is 13.6. The summed E-state index contributed by atoms with van der Waals surface area (Å²) in [6.07, 6.45) is 0. The number of hydrogen-bond donors (Lipinski definition) is 0. The van der Waals surface area contributed by atoms with Crippen LogP contribution in [-0.4, -0.2) is 0 Å². The molecule has 1 aromatic carbocycles. The molecule has 0 aliphatic heterocycles. The minimum atomic E-state index is -0.154. The van der Waals surface area contributed by atoms with Crippen LogP contribution in [0.3, 0.4) is 0 Å². The van der Waals surface area contributed by atoms with Crippen molar-refractivity contribution in [1.82, 2.24) is 0 Å². The van der Waals surface area contributed by atoms with Crippen molar-refractivity contribution >= 4 is 0 Å². The molecule has 1 heteroatoms. The van der Waals surface area contributed by atoms with E-state index >= 15 is 0 Å². The van der Waals surface area contributed by atoms with Gasteiger partial charge in [0.2, 0.25) is 0 Å². The van der Waals surface area contributed by atoms with Crippen LogP contribution in [0.15, 0.2) is 24.3 Å². The Balaban J connectivity index is 3.23. The fraction of sp³-hybridized carbons (Fsp3) is 0.538. The standard InChI is InChI=1S/C13H19F/c1-12(2,3)13(4,5)10-8-6-7-9-11(10)14/h6-9H,1-5H3. The van der Waals surface area contributed by atoms with E-state index in [1.54, 1.807) is 6.07 Å². The van der Waals surface area contributed by atoms with Crippen LogP contribution >= 0.6 is 0 Å². The van der Waals surface area contributed by atoms with Crippen molar-refractivity contribution in [2.45, 2.75) is 40.0 Å². The van der Waals surface area contributed by atoms with E-state index in [0.29, 0.717) is 0 Å². The highest BCUT2D eigenvalue weighted by molar-refractivity contribution is 5.27. The van der Waals surface area contributed by atoms with Crippen molar-refractivity contribution in [3.8, 4) is 0 Å². The highest BCUT2D eigenvalue weighted by atomic mass is 19.1. The van der Waals surface area contributed by atoms with Crippen LogP contribution in [0.4, 0.5) is 4.39 Å². The molecule has 0 unspecified atom stereocenters. The lowest BCUT2D eigenvalue weighted by Crippen LogP contribution is -2.34.